The van der Waals surface area contributed by atoms with Crippen molar-refractivity contribution in [1.82, 2.24) is 0 Å². The van der Waals surface area contributed by atoms with Gasteiger partial charge in [-0.25, -0.2) is 4.79 Å². The lowest BCUT2D eigenvalue weighted by atomic mass is 9.90. The molecule has 0 aromatic heterocycles. The first-order chi connectivity index (χ1) is 11.1. The monoisotopic (exact) mass is 332 g/mol. The Balaban J connectivity index is 2.75. The van der Waals surface area contributed by atoms with Crippen molar-refractivity contribution in [3.8, 4) is 0 Å². The van der Waals surface area contributed by atoms with E-state index in [2.05, 4.69) is 6.58 Å². The summed E-state index contributed by atoms with van der Waals surface area (Å²) in [6.07, 6.45) is 0.494. The van der Waals surface area contributed by atoms with Crippen molar-refractivity contribution in [3.05, 3.63) is 48.0 Å². The van der Waals surface area contributed by atoms with E-state index in [-0.39, 0.29) is 18.1 Å². The summed E-state index contributed by atoms with van der Waals surface area (Å²) < 4.78 is 10.7. The minimum atomic E-state index is -0.688. The highest BCUT2D eigenvalue weighted by Gasteiger charge is 2.31. The molecule has 0 aliphatic carbocycles. The number of rotatable bonds is 7. The SMILES string of the molecule is C=C(C(=O)OCc1ccccc1)C(CC(C)C)C(=O)OC(C)(C)C. The fourth-order valence-electron chi connectivity index (χ4n) is 2.18. The Labute approximate surface area is 144 Å². The van der Waals surface area contributed by atoms with Crippen LogP contribution in [0.15, 0.2) is 42.5 Å². The first kappa shape index (κ1) is 19.9. The summed E-state index contributed by atoms with van der Waals surface area (Å²) >= 11 is 0. The highest BCUT2D eigenvalue weighted by Crippen LogP contribution is 2.24. The summed E-state index contributed by atoms with van der Waals surface area (Å²) in [5, 5.41) is 0. The second-order valence-corrected chi connectivity index (χ2v) is 7.30. The molecule has 1 aromatic carbocycles. The summed E-state index contributed by atoms with van der Waals surface area (Å²) in [5.74, 6) is -1.46. The average Bonchev–Trinajstić information content (AvgIpc) is 2.48. The van der Waals surface area contributed by atoms with Gasteiger partial charge in [-0.15, -0.1) is 0 Å². The number of carbonyl (C=O) groups excluding carboxylic acids is 2. The van der Waals surface area contributed by atoms with Crippen LogP contribution in [0.3, 0.4) is 0 Å². The van der Waals surface area contributed by atoms with Crippen LogP contribution in [0.4, 0.5) is 0 Å². The molecule has 1 unspecified atom stereocenters. The maximum atomic E-state index is 12.4. The van der Waals surface area contributed by atoms with E-state index in [1.54, 1.807) is 20.8 Å². The van der Waals surface area contributed by atoms with E-state index in [1.807, 2.05) is 44.2 Å². The third kappa shape index (κ3) is 6.99. The molecule has 1 atom stereocenters. The highest BCUT2D eigenvalue weighted by molar-refractivity contribution is 5.95. The lowest BCUT2D eigenvalue weighted by Gasteiger charge is -2.25. The third-order valence-electron chi connectivity index (χ3n) is 3.29. The van der Waals surface area contributed by atoms with Crippen LogP contribution in [-0.2, 0) is 25.7 Å². The van der Waals surface area contributed by atoms with Crippen molar-refractivity contribution in [2.45, 2.75) is 53.2 Å². The number of benzene rings is 1. The minimum Gasteiger partial charge on any atom is -0.459 e. The van der Waals surface area contributed by atoms with E-state index < -0.39 is 23.5 Å². The van der Waals surface area contributed by atoms with Gasteiger partial charge < -0.3 is 9.47 Å². The van der Waals surface area contributed by atoms with Crippen LogP contribution in [0.2, 0.25) is 0 Å². The van der Waals surface area contributed by atoms with Gasteiger partial charge in [0, 0.05) is 5.57 Å². The van der Waals surface area contributed by atoms with Gasteiger partial charge in [-0.2, -0.15) is 0 Å². The molecule has 0 amide bonds. The lowest BCUT2D eigenvalue weighted by molar-refractivity contribution is -0.161. The number of hydrogen-bond acceptors (Lipinski definition) is 4. The largest absolute Gasteiger partial charge is 0.459 e. The third-order valence-corrected chi connectivity index (χ3v) is 3.29. The standard InChI is InChI=1S/C20H28O4/c1-14(2)12-17(19(22)24-20(4,5)6)15(3)18(21)23-13-16-10-8-7-9-11-16/h7-11,14,17H,3,12-13H2,1-2,4-6H3. The molecular weight excluding hydrogens is 304 g/mol. The van der Waals surface area contributed by atoms with Gasteiger partial charge in [0.15, 0.2) is 0 Å². The number of carbonyl (C=O) groups is 2. The molecule has 0 aliphatic rings. The molecule has 0 heterocycles. The minimum absolute atomic E-state index is 0.147. The Bertz CT molecular complexity index is 567. The van der Waals surface area contributed by atoms with E-state index in [4.69, 9.17) is 9.47 Å². The van der Waals surface area contributed by atoms with Crippen molar-refractivity contribution in [2.24, 2.45) is 11.8 Å². The summed E-state index contributed by atoms with van der Waals surface area (Å²) in [7, 11) is 0. The van der Waals surface area contributed by atoms with E-state index in [0.717, 1.165) is 5.56 Å². The van der Waals surface area contributed by atoms with Crippen molar-refractivity contribution in [1.29, 1.82) is 0 Å². The summed E-state index contributed by atoms with van der Waals surface area (Å²) in [6, 6.07) is 9.39. The smallest absolute Gasteiger partial charge is 0.334 e. The maximum Gasteiger partial charge on any atom is 0.334 e. The zero-order valence-corrected chi connectivity index (χ0v) is 15.3. The second kappa shape index (κ2) is 8.67. The fraction of sp³-hybridized carbons (Fsp3) is 0.500. The molecule has 0 saturated carbocycles. The van der Waals surface area contributed by atoms with Crippen LogP contribution < -0.4 is 0 Å². The molecule has 0 saturated heterocycles. The van der Waals surface area contributed by atoms with Crippen LogP contribution >= 0.6 is 0 Å². The highest BCUT2D eigenvalue weighted by atomic mass is 16.6. The second-order valence-electron chi connectivity index (χ2n) is 7.30. The maximum absolute atomic E-state index is 12.4. The van der Waals surface area contributed by atoms with E-state index in [1.165, 1.54) is 0 Å². The molecule has 4 nitrogen and oxygen atoms in total. The summed E-state index contributed by atoms with van der Waals surface area (Å²) in [4.78, 5) is 24.7. The van der Waals surface area contributed by atoms with Gasteiger partial charge in [-0.05, 0) is 38.7 Å². The Morgan fingerprint density at radius 2 is 1.71 bits per heavy atom. The molecule has 0 N–H and O–H groups in total. The van der Waals surface area contributed by atoms with Gasteiger partial charge in [0.1, 0.15) is 12.2 Å². The zero-order valence-electron chi connectivity index (χ0n) is 15.3. The van der Waals surface area contributed by atoms with E-state index in [9.17, 15) is 9.59 Å². The molecule has 132 valence electrons. The van der Waals surface area contributed by atoms with Gasteiger partial charge >= 0.3 is 11.9 Å². The van der Waals surface area contributed by atoms with Crippen LogP contribution in [0.1, 0.15) is 46.6 Å². The quantitative estimate of drug-likeness (QED) is 0.552. The number of hydrogen-bond donors (Lipinski definition) is 0. The Hall–Kier alpha value is -2.10. The number of ether oxygens (including phenoxy) is 2. The Morgan fingerprint density at radius 1 is 1.12 bits per heavy atom. The van der Waals surface area contributed by atoms with Gasteiger partial charge in [-0.3, -0.25) is 4.79 Å². The summed E-state index contributed by atoms with van der Waals surface area (Å²) in [5.41, 5.74) is 0.422. The van der Waals surface area contributed by atoms with Crippen LogP contribution in [-0.4, -0.2) is 17.5 Å². The Morgan fingerprint density at radius 3 is 2.21 bits per heavy atom. The van der Waals surface area contributed by atoms with E-state index >= 15 is 0 Å². The van der Waals surface area contributed by atoms with Crippen LogP contribution in [0, 0.1) is 11.8 Å². The topological polar surface area (TPSA) is 52.6 Å². The van der Waals surface area contributed by atoms with Gasteiger partial charge in [0.25, 0.3) is 0 Å². The molecule has 1 aromatic rings. The van der Waals surface area contributed by atoms with Crippen molar-refractivity contribution in [3.63, 3.8) is 0 Å². The van der Waals surface area contributed by atoms with Crippen molar-refractivity contribution >= 4 is 11.9 Å². The van der Waals surface area contributed by atoms with Gasteiger partial charge in [0.2, 0.25) is 0 Å². The predicted octanol–water partition coefficient (Wildman–Crippen LogP) is 4.29. The molecule has 0 fully saturated rings. The molecule has 4 heteroatoms. The van der Waals surface area contributed by atoms with Crippen molar-refractivity contribution < 1.29 is 19.1 Å². The molecule has 0 aliphatic heterocycles. The molecule has 24 heavy (non-hydrogen) atoms. The van der Waals surface area contributed by atoms with Crippen molar-refractivity contribution in [2.75, 3.05) is 0 Å². The Kier molecular flexibility index (Phi) is 7.20. The van der Waals surface area contributed by atoms with Crippen LogP contribution in [0.5, 0.6) is 0 Å². The van der Waals surface area contributed by atoms with Crippen LogP contribution in [0.25, 0.3) is 0 Å². The van der Waals surface area contributed by atoms with E-state index in [0.29, 0.717) is 6.42 Å². The first-order valence-electron chi connectivity index (χ1n) is 8.23. The molecule has 0 bridgehead atoms. The molecule has 0 spiro atoms. The normalized spacial score (nSPS) is 12.6. The summed E-state index contributed by atoms with van der Waals surface area (Å²) in [6.45, 7) is 13.3. The lowest BCUT2D eigenvalue weighted by Crippen LogP contribution is -2.32. The average molecular weight is 332 g/mol. The van der Waals surface area contributed by atoms with Gasteiger partial charge in [-0.1, -0.05) is 50.8 Å². The first-order valence-corrected chi connectivity index (χ1v) is 8.23. The molecular formula is C20H28O4. The number of esters is 2. The fourth-order valence-corrected chi connectivity index (χ4v) is 2.18. The van der Waals surface area contributed by atoms with Gasteiger partial charge in [0.05, 0.1) is 5.92 Å². The molecule has 1 rings (SSSR count). The predicted molar refractivity (Wildman–Crippen MR) is 94.2 cm³/mol. The molecule has 0 radical (unpaired) electrons. The zero-order chi connectivity index (χ0) is 18.3.